The van der Waals surface area contributed by atoms with E-state index in [4.69, 9.17) is 21.1 Å². The van der Waals surface area contributed by atoms with Gasteiger partial charge in [-0.15, -0.1) is 0 Å². The highest BCUT2D eigenvalue weighted by molar-refractivity contribution is 6.32. The molecule has 0 aliphatic carbocycles. The highest BCUT2D eigenvalue weighted by Gasteiger charge is 2.30. The molecule has 2 aromatic rings. The van der Waals surface area contributed by atoms with Gasteiger partial charge in [0.2, 0.25) is 0 Å². The van der Waals surface area contributed by atoms with E-state index in [0.29, 0.717) is 35.2 Å². The standard InChI is InChI=1S/C23H27ClN2O3/c1-16-8-10-25(11-9-16)12-13-29-22-14-17(6-7-21(22)28-2)26-15-19-18(23(26)27)4-3-5-20(19)24/h3-7,14,16H,8-13,15H2,1-2H3. The van der Waals surface area contributed by atoms with E-state index in [-0.39, 0.29) is 5.91 Å². The Bertz CT molecular complexity index is 894. The van der Waals surface area contributed by atoms with E-state index in [9.17, 15) is 4.79 Å². The Morgan fingerprint density at radius 2 is 1.93 bits per heavy atom. The Kier molecular flexibility index (Phi) is 5.97. The summed E-state index contributed by atoms with van der Waals surface area (Å²) in [7, 11) is 1.63. The molecule has 1 saturated heterocycles. The second-order valence-corrected chi connectivity index (χ2v) is 8.27. The summed E-state index contributed by atoms with van der Waals surface area (Å²) in [6, 6.07) is 11.1. The first-order valence-electron chi connectivity index (χ1n) is 10.2. The number of likely N-dealkylation sites (tertiary alicyclic amines) is 1. The molecule has 2 aliphatic heterocycles. The second kappa shape index (κ2) is 8.64. The third kappa shape index (κ3) is 4.21. The number of hydrogen-bond donors (Lipinski definition) is 0. The van der Waals surface area contributed by atoms with E-state index in [1.165, 1.54) is 12.8 Å². The molecule has 0 N–H and O–H groups in total. The van der Waals surface area contributed by atoms with Gasteiger partial charge < -0.3 is 14.4 Å². The molecule has 4 rings (SSSR count). The third-order valence-electron chi connectivity index (χ3n) is 5.91. The van der Waals surface area contributed by atoms with Crippen LogP contribution >= 0.6 is 11.6 Å². The molecule has 0 bridgehead atoms. The number of anilines is 1. The van der Waals surface area contributed by atoms with Crippen molar-refractivity contribution in [2.75, 3.05) is 38.3 Å². The molecule has 29 heavy (non-hydrogen) atoms. The molecule has 2 aromatic carbocycles. The van der Waals surface area contributed by atoms with Gasteiger partial charge in [-0.1, -0.05) is 24.6 Å². The number of benzene rings is 2. The minimum absolute atomic E-state index is 0.0407. The molecule has 1 fully saturated rings. The molecule has 0 spiro atoms. The van der Waals surface area contributed by atoms with Crippen molar-refractivity contribution in [3.05, 3.63) is 52.5 Å². The molecule has 6 heteroatoms. The first kappa shape index (κ1) is 20.0. The minimum Gasteiger partial charge on any atom is -0.493 e. The maximum absolute atomic E-state index is 12.9. The van der Waals surface area contributed by atoms with Crippen molar-refractivity contribution in [1.29, 1.82) is 0 Å². The summed E-state index contributed by atoms with van der Waals surface area (Å²) in [5, 5.41) is 0.624. The van der Waals surface area contributed by atoms with Gasteiger partial charge in [0, 0.05) is 34.4 Å². The van der Waals surface area contributed by atoms with Gasteiger partial charge in [0.1, 0.15) is 6.61 Å². The number of nitrogens with zero attached hydrogens (tertiary/aromatic N) is 2. The first-order valence-corrected chi connectivity index (χ1v) is 10.6. The summed E-state index contributed by atoms with van der Waals surface area (Å²) in [5.41, 5.74) is 2.32. The number of rotatable bonds is 6. The summed E-state index contributed by atoms with van der Waals surface area (Å²) in [4.78, 5) is 17.0. The van der Waals surface area contributed by atoms with Crippen molar-refractivity contribution in [1.82, 2.24) is 4.90 Å². The highest BCUT2D eigenvalue weighted by atomic mass is 35.5. The lowest BCUT2D eigenvalue weighted by Crippen LogP contribution is -2.35. The van der Waals surface area contributed by atoms with E-state index in [0.717, 1.165) is 36.8 Å². The SMILES string of the molecule is COc1ccc(N2Cc3c(Cl)cccc3C2=O)cc1OCCN1CCC(C)CC1. The average molecular weight is 415 g/mol. The van der Waals surface area contributed by atoms with Gasteiger partial charge in [0.25, 0.3) is 5.91 Å². The van der Waals surface area contributed by atoms with Crippen LogP contribution in [0.4, 0.5) is 5.69 Å². The van der Waals surface area contributed by atoms with E-state index in [1.807, 2.05) is 36.4 Å². The Morgan fingerprint density at radius 1 is 1.14 bits per heavy atom. The molecule has 0 atom stereocenters. The number of hydrogen-bond acceptors (Lipinski definition) is 4. The number of carbonyl (C=O) groups is 1. The second-order valence-electron chi connectivity index (χ2n) is 7.87. The van der Waals surface area contributed by atoms with Crippen LogP contribution in [-0.4, -0.2) is 44.2 Å². The van der Waals surface area contributed by atoms with Gasteiger partial charge in [-0.3, -0.25) is 9.69 Å². The Morgan fingerprint density at radius 3 is 2.66 bits per heavy atom. The Labute approximate surface area is 177 Å². The van der Waals surface area contributed by atoms with Gasteiger partial charge in [0.05, 0.1) is 13.7 Å². The van der Waals surface area contributed by atoms with Crippen LogP contribution in [0.2, 0.25) is 5.02 Å². The summed E-state index contributed by atoms with van der Waals surface area (Å²) in [6.45, 7) is 6.52. The molecule has 0 saturated carbocycles. The Balaban J connectivity index is 1.46. The third-order valence-corrected chi connectivity index (χ3v) is 6.26. The van der Waals surface area contributed by atoms with E-state index < -0.39 is 0 Å². The fraction of sp³-hybridized carbons (Fsp3) is 0.435. The van der Waals surface area contributed by atoms with Crippen LogP contribution in [0.15, 0.2) is 36.4 Å². The largest absolute Gasteiger partial charge is 0.493 e. The zero-order valence-corrected chi connectivity index (χ0v) is 17.7. The predicted molar refractivity (Wildman–Crippen MR) is 115 cm³/mol. The molecule has 5 nitrogen and oxygen atoms in total. The van der Waals surface area contributed by atoms with Crippen molar-refractivity contribution >= 4 is 23.2 Å². The van der Waals surface area contributed by atoms with Gasteiger partial charge in [0.15, 0.2) is 11.5 Å². The van der Waals surface area contributed by atoms with Crippen LogP contribution in [0.5, 0.6) is 11.5 Å². The predicted octanol–water partition coefficient (Wildman–Crippen LogP) is 4.62. The number of fused-ring (bicyclic) bond motifs is 1. The normalized spacial score (nSPS) is 17.5. The maximum atomic E-state index is 12.9. The van der Waals surface area contributed by atoms with Gasteiger partial charge >= 0.3 is 0 Å². The first-order chi connectivity index (χ1) is 14.1. The minimum atomic E-state index is -0.0407. The molecule has 2 aliphatic rings. The van der Waals surface area contributed by atoms with E-state index in [1.54, 1.807) is 12.0 Å². The van der Waals surface area contributed by atoms with Crippen molar-refractivity contribution in [2.24, 2.45) is 5.92 Å². The van der Waals surface area contributed by atoms with Crippen LogP contribution < -0.4 is 14.4 Å². The quantitative estimate of drug-likeness (QED) is 0.691. The molecule has 0 radical (unpaired) electrons. The summed E-state index contributed by atoms with van der Waals surface area (Å²) >= 11 is 6.29. The number of piperidine rings is 1. The fourth-order valence-electron chi connectivity index (χ4n) is 4.02. The Hall–Kier alpha value is -2.24. The van der Waals surface area contributed by atoms with Crippen LogP contribution in [0.25, 0.3) is 0 Å². The number of carbonyl (C=O) groups excluding carboxylic acids is 1. The number of methoxy groups -OCH3 is 1. The molecular formula is C23H27ClN2O3. The topological polar surface area (TPSA) is 42.0 Å². The van der Waals surface area contributed by atoms with Crippen molar-refractivity contribution in [3.8, 4) is 11.5 Å². The summed E-state index contributed by atoms with van der Waals surface area (Å²) in [6.07, 6.45) is 2.50. The van der Waals surface area contributed by atoms with Crippen molar-refractivity contribution in [2.45, 2.75) is 26.3 Å². The van der Waals surface area contributed by atoms with E-state index in [2.05, 4.69) is 11.8 Å². The zero-order chi connectivity index (χ0) is 20.4. The summed E-state index contributed by atoms with van der Waals surface area (Å²) < 4.78 is 11.5. The zero-order valence-electron chi connectivity index (χ0n) is 17.0. The van der Waals surface area contributed by atoms with Crippen LogP contribution in [0.1, 0.15) is 35.7 Å². The van der Waals surface area contributed by atoms with E-state index >= 15 is 0 Å². The fourth-order valence-corrected chi connectivity index (χ4v) is 4.25. The van der Waals surface area contributed by atoms with Crippen molar-refractivity contribution in [3.63, 3.8) is 0 Å². The lowest BCUT2D eigenvalue weighted by molar-refractivity contribution is 0.0996. The smallest absolute Gasteiger partial charge is 0.258 e. The van der Waals surface area contributed by atoms with Crippen molar-refractivity contribution < 1.29 is 14.3 Å². The van der Waals surface area contributed by atoms with Gasteiger partial charge in [-0.05, 0) is 56.1 Å². The summed E-state index contributed by atoms with van der Waals surface area (Å²) in [5.74, 6) is 2.11. The van der Waals surface area contributed by atoms with Crippen LogP contribution in [-0.2, 0) is 6.54 Å². The molecule has 0 unspecified atom stereocenters. The lowest BCUT2D eigenvalue weighted by atomic mass is 9.99. The number of halogens is 1. The average Bonchev–Trinajstić information content (AvgIpc) is 3.07. The molecule has 2 heterocycles. The number of ether oxygens (including phenoxy) is 2. The van der Waals surface area contributed by atoms with Gasteiger partial charge in [-0.2, -0.15) is 0 Å². The molecule has 154 valence electrons. The molecular weight excluding hydrogens is 388 g/mol. The maximum Gasteiger partial charge on any atom is 0.258 e. The monoisotopic (exact) mass is 414 g/mol. The lowest BCUT2D eigenvalue weighted by Gasteiger charge is -2.30. The van der Waals surface area contributed by atoms with Crippen LogP contribution in [0, 0.1) is 5.92 Å². The van der Waals surface area contributed by atoms with Gasteiger partial charge in [-0.25, -0.2) is 0 Å². The number of amides is 1. The van der Waals surface area contributed by atoms with Crippen LogP contribution in [0.3, 0.4) is 0 Å². The highest BCUT2D eigenvalue weighted by Crippen LogP contribution is 2.37. The molecule has 0 aromatic heterocycles. The molecule has 1 amide bonds.